The minimum Gasteiger partial charge on any atom is -0.467 e. The minimum atomic E-state index is -0.157. The standard InChI is InChI=1S/C24H29N3O3/c1-17-8-9-22-19(12-17)13-20(24(29)25-22)14-27(15-21-7-5-11-30-21)23(28)16-26-10-4-3-6-18(26)2/h5,7-9,11-13,18H,3-4,6,10,14-16H2,1-2H3,(H,25,29)/t18-/m1/s1. The van der Waals surface area contributed by atoms with E-state index in [9.17, 15) is 9.59 Å². The predicted octanol–water partition coefficient (Wildman–Crippen LogP) is 3.83. The SMILES string of the molecule is Cc1ccc2[nH]c(=O)c(CN(Cc3ccco3)C(=O)CN3CCCC[C@H]3C)cc2c1. The lowest BCUT2D eigenvalue weighted by atomic mass is 10.0. The quantitative estimate of drug-likeness (QED) is 0.674. The Morgan fingerprint density at radius 3 is 2.87 bits per heavy atom. The van der Waals surface area contributed by atoms with Gasteiger partial charge in [0.05, 0.1) is 25.9 Å². The van der Waals surface area contributed by atoms with Crippen LogP contribution in [0.5, 0.6) is 0 Å². The molecule has 3 aromatic rings. The van der Waals surface area contributed by atoms with Crippen molar-refractivity contribution in [2.24, 2.45) is 0 Å². The van der Waals surface area contributed by atoms with E-state index in [2.05, 4.69) is 16.8 Å². The zero-order valence-electron chi connectivity index (χ0n) is 17.7. The summed E-state index contributed by atoms with van der Waals surface area (Å²) in [5.74, 6) is 0.729. The molecule has 0 unspecified atom stereocenters. The molecule has 4 rings (SSSR count). The van der Waals surface area contributed by atoms with Crippen molar-refractivity contribution < 1.29 is 9.21 Å². The number of H-pyrrole nitrogens is 1. The van der Waals surface area contributed by atoms with Gasteiger partial charge in [0.1, 0.15) is 5.76 Å². The number of amides is 1. The smallest absolute Gasteiger partial charge is 0.253 e. The molecule has 1 aliphatic rings. The lowest BCUT2D eigenvalue weighted by Gasteiger charge is -2.34. The second-order valence-electron chi connectivity index (χ2n) is 8.36. The number of benzene rings is 1. The molecule has 3 heterocycles. The first-order chi connectivity index (χ1) is 14.5. The van der Waals surface area contributed by atoms with Crippen LogP contribution in [-0.4, -0.2) is 39.8 Å². The molecule has 0 aliphatic carbocycles. The number of nitrogens with zero attached hydrogens (tertiary/aromatic N) is 2. The molecule has 1 aliphatic heterocycles. The first kappa shape index (κ1) is 20.4. The van der Waals surface area contributed by atoms with Gasteiger partial charge >= 0.3 is 0 Å². The van der Waals surface area contributed by atoms with Gasteiger partial charge in [-0.25, -0.2) is 0 Å². The Hall–Kier alpha value is -2.86. The summed E-state index contributed by atoms with van der Waals surface area (Å²) in [6, 6.07) is 11.9. The molecule has 6 nitrogen and oxygen atoms in total. The number of nitrogens with one attached hydrogen (secondary N) is 1. The zero-order chi connectivity index (χ0) is 21.1. The number of pyridine rings is 1. The fraction of sp³-hybridized carbons (Fsp3) is 0.417. The van der Waals surface area contributed by atoms with Gasteiger partial charge < -0.3 is 14.3 Å². The summed E-state index contributed by atoms with van der Waals surface area (Å²) >= 11 is 0. The number of carbonyl (C=O) groups is 1. The van der Waals surface area contributed by atoms with E-state index in [1.807, 2.05) is 43.3 Å². The van der Waals surface area contributed by atoms with E-state index in [-0.39, 0.29) is 18.0 Å². The Kier molecular flexibility index (Phi) is 6.04. The molecule has 0 spiro atoms. The molecule has 1 saturated heterocycles. The Morgan fingerprint density at radius 1 is 1.23 bits per heavy atom. The monoisotopic (exact) mass is 407 g/mol. The molecule has 6 heteroatoms. The molecule has 1 aromatic carbocycles. The molecule has 2 aromatic heterocycles. The molecule has 1 N–H and O–H groups in total. The van der Waals surface area contributed by atoms with E-state index < -0.39 is 0 Å². The third-order valence-corrected chi connectivity index (χ3v) is 6.00. The summed E-state index contributed by atoms with van der Waals surface area (Å²) in [5.41, 5.74) is 2.36. The molecule has 0 saturated carbocycles. The molecular formula is C24H29N3O3. The number of hydrogen-bond acceptors (Lipinski definition) is 4. The summed E-state index contributed by atoms with van der Waals surface area (Å²) in [4.78, 5) is 32.9. The van der Waals surface area contributed by atoms with Gasteiger partial charge in [0, 0.05) is 17.1 Å². The number of fused-ring (bicyclic) bond motifs is 1. The summed E-state index contributed by atoms with van der Waals surface area (Å²) in [6.07, 6.45) is 5.07. The van der Waals surface area contributed by atoms with Gasteiger partial charge in [-0.2, -0.15) is 0 Å². The van der Waals surface area contributed by atoms with Crippen molar-refractivity contribution in [1.29, 1.82) is 0 Å². The number of furan rings is 1. The van der Waals surface area contributed by atoms with Crippen molar-refractivity contribution in [3.8, 4) is 0 Å². The first-order valence-corrected chi connectivity index (χ1v) is 10.7. The number of aryl methyl sites for hydroxylation is 1. The van der Waals surface area contributed by atoms with Crippen LogP contribution in [0.2, 0.25) is 0 Å². The van der Waals surface area contributed by atoms with E-state index in [1.54, 1.807) is 11.2 Å². The first-order valence-electron chi connectivity index (χ1n) is 10.7. The highest BCUT2D eigenvalue weighted by atomic mass is 16.3. The Morgan fingerprint density at radius 2 is 2.10 bits per heavy atom. The van der Waals surface area contributed by atoms with Crippen LogP contribution >= 0.6 is 0 Å². The highest BCUT2D eigenvalue weighted by Gasteiger charge is 2.24. The topological polar surface area (TPSA) is 69.5 Å². The molecule has 1 amide bonds. The van der Waals surface area contributed by atoms with E-state index in [1.165, 1.54) is 6.42 Å². The van der Waals surface area contributed by atoms with Crippen LogP contribution in [0.15, 0.2) is 51.9 Å². The molecule has 30 heavy (non-hydrogen) atoms. The number of carbonyl (C=O) groups excluding carboxylic acids is 1. The van der Waals surface area contributed by atoms with Gasteiger partial charge in [-0.05, 0) is 69.0 Å². The highest BCUT2D eigenvalue weighted by Crippen LogP contribution is 2.18. The van der Waals surface area contributed by atoms with Crippen molar-refractivity contribution in [3.05, 3.63) is 69.9 Å². The maximum atomic E-state index is 13.2. The summed E-state index contributed by atoms with van der Waals surface area (Å²) in [6.45, 7) is 6.11. The molecule has 0 bridgehead atoms. The third-order valence-electron chi connectivity index (χ3n) is 6.00. The number of likely N-dealkylation sites (tertiary alicyclic amines) is 1. The summed E-state index contributed by atoms with van der Waals surface area (Å²) < 4.78 is 5.49. The molecule has 1 atom stereocenters. The van der Waals surface area contributed by atoms with Crippen LogP contribution in [0.4, 0.5) is 0 Å². The van der Waals surface area contributed by atoms with Gasteiger partial charge in [0.25, 0.3) is 5.56 Å². The average molecular weight is 408 g/mol. The van der Waals surface area contributed by atoms with Crippen LogP contribution in [-0.2, 0) is 17.9 Å². The Balaban J connectivity index is 1.59. The van der Waals surface area contributed by atoms with E-state index in [0.29, 0.717) is 30.5 Å². The average Bonchev–Trinajstić information content (AvgIpc) is 3.23. The zero-order valence-corrected chi connectivity index (χ0v) is 17.7. The molecule has 158 valence electrons. The van der Waals surface area contributed by atoms with Crippen molar-refractivity contribution in [3.63, 3.8) is 0 Å². The maximum absolute atomic E-state index is 13.2. The lowest BCUT2D eigenvalue weighted by Crippen LogP contribution is -2.45. The van der Waals surface area contributed by atoms with Crippen molar-refractivity contribution in [1.82, 2.24) is 14.8 Å². The molecule has 1 fully saturated rings. The van der Waals surface area contributed by atoms with Gasteiger partial charge in [0.2, 0.25) is 5.91 Å². The lowest BCUT2D eigenvalue weighted by molar-refractivity contribution is -0.134. The number of hydrogen-bond donors (Lipinski definition) is 1. The van der Waals surface area contributed by atoms with Gasteiger partial charge in [-0.1, -0.05) is 18.1 Å². The number of rotatable bonds is 6. The fourth-order valence-corrected chi connectivity index (χ4v) is 4.18. The summed E-state index contributed by atoms with van der Waals surface area (Å²) in [5, 5.41) is 0.972. The fourth-order valence-electron chi connectivity index (χ4n) is 4.18. The van der Waals surface area contributed by atoms with Crippen molar-refractivity contribution >= 4 is 16.8 Å². The maximum Gasteiger partial charge on any atom is 0.253 e. The van der Waals surface area contributed by atoms with Crippen LogP contribution in [0, 0.1) is 6.92 Å². The van der Waals surface area contributed by atoms with Crippen LogP contribution in [0.3, 0.4) is 0 Å². The second-order valence-corrected chi connectivity index (χ2v) is 8.36. The van der Waals surface area contributed by atoms with E-state index in [4.69, 9.17) is 4.42 Å². The predicted molar refractivity (Wildman–Crippen MR) is 117 cm³/mol. The highest BCUT2D eigenvalue weighted by molar-refractivity contribution is 5.80. The Labute approximate surface area is 176 Å². The van der Waals surface area contributed by atoms with E-state index in [0.717, 1.165) is 35.9 Å². The number of piperidine rings is 1. The molecular weight excluding hydrogens is 378 g/mol. The van der Waals surface area contributed by atoms with Crippen LogP contribution in [0.25, 0.3) is 10.9 Å². The number of aromatic nitrogens is 1. The largest absolute Gasteiger partial charge is 0.467 e. The Bertz CT molecular complexity index is 1070. The minimum absolute atomic E-state index is 0.0175. The molecule has 0 radical (unpaired) electrons. The second kappa shape index (κ2) is 8.88. The van der Waals surface area contributed by atoms with Gasteiger partial charge in [0.15, 0.2) is 0 Å². The van der Waals surface area contributed by atoms with Gasteiger partial charge in [-0.3, -0.25) is 14.5 Å². The number of aromatic amines is 1. The van der Waals surface area contributed by atoms with Crippen molar-refractivity contribution in [2.45, 2.75) is 52.2 Å². The van der Waals surface area contributed by atoms with Crippen molar-refractivity contribution in [2.75, 3.05) is 13.1 Å². The summed E-state index contributed by atoms with van der Waals surface area (Å²) in [7, 11) is 0. The normalized spacial score (nSPS) is 17.3. The van der Waals surface area contributed by atoms with Crippen LogP contribution in [0.1, 0.15) is 43.1 Å². The van der Waals surface area contributed by atoms with Crippen LogP contribution < -0.4 is 5.56 Å². The van der Waals surface area contributed by atoms with E-state index >= 15 is 0 Å². The van der Waals surface area contributed by atoms with Gasteiger partial charge in [-0.15, -0.1) is 0 Å². The third kappa shape index (κ3) is 4.65.